The molecule has 2 aliphatic rings. The summed E-state index contributed by atoms with van der Waals surface area (Å²) in [4.78, 5) is 17.7. The van der Waals surface area contributed by atoms with Crippen molar-refractivity contribution in [3.63, 3.8) is 0 Å². The number of aliphatic imine (C=N–C) groups is 2. The zero-order valence-corrected chi connectivity index (χ0v) is 16.5. The fraction of sp³-hybridized carbons (Fsp3) is 0.364. The molecule has 2 aromatic heterocycles. The summed E-state index contributed by atoms with van der Waals surface area (Å²) < 4.78 is 11.4. The van der Waals surface area contributed by atoms with Crippen LogP contribution in [0.3, 0.4) is 0 Å². The lowest BCUT2D eigenvalue weighted by atomic mass is 10.1. The molecule has 0 amide bonds. The summed E-state index contributed by atoms with van der Waals surface area (Å²) in [6, 6.07) is 3.87. The summed E-state index contributed by atoms with van der Waals surface area (Å²) in [6.07, 6.45) is 6.93. The molecule has 4 heterocycles. The van der Waals surface area contributed by atoms with Gasteiger partial charge in [-0.25, -0.2) is 9.98 Å². The molecule has 0 N–H and O–H groups in total. The molecule has 4 rings (SSSR count). The third-order valence-electron chi connectivity index (χ3n) is 4.25. The Bertz CT molecular complexity index is 960. The molecule has 142 valence electrons. The van der Waals surface area contributed by atoms with Gasteiger partial charge in [0.1, 0.15) is 13.2 Å². The summed E-state index contributed by atoms with van der Waals surface area (Å²) in [5, 5.41) is 0. The fourth-order valence-corrected chi connectivity index (χ4v) is 2.86. The standard InChI is InChI=1S/C22H22N4O2/c1-21(2)13-27-19(25-21)17-7-15(9-23-11-17)5-6-16-8-18(12-24-10-16)20-26-22(3,4)14-28-20/h7-12H,13-14H2,1-4H3. The van der Waals surface area contributed by atoms with E-state index in [-0.39, 0.29) is 11.1 Å². The topological polar surface area (TPSA) is 69.0 Å². The van der Waals surface area contributed by atoms with Crippen molar-refractivity contribution >= 4 is 11.8 Å². The molecule has 0 aliphatic carbocycles. The first-order valence-electron chi connectivity index (χ1n) is 9.18. The van der Waals surface area contributed by atoms with Crippen LogP contribution < -0.4 is 0 Å². The van der Waals surface area contributed by atoms with Crippen LogP contribution in [0, 0.1) is 11.8 Å². The maximum Gasteiger partial charge on any atom is 0.218 e. The van der Waals surface area contributed by atoms with E-state index in [9.17, 15) is 0 Å². The van der Waals surface area contributed by atoms with E-state index in [4.69, 9.17) is 9.47 Å². The number of hydrogen-bond acceptors (Lipinski definition) is 6. The Balaban J connectivity index is 1.57. The molecular formula is C22H22N4O2. The Hall–Kier alpha value is -3.20. The second kappa shape index (κ2) is 6.75. The fourth-order valence-electron chi connectivity index (χ4n) is 2.86. The third kappa shape index (κ3) is 4.04. The summed E-state index contributed by atoms with van der Waals surface area (Å²) in [7, 11) is 0. The van der Waals surface area contributed by atoms with Crippen molar-refractivity contribution in [2.24, 2.45) is 9.98 Å². The number of nitrogens with zero attached hydrogens (tertiary/aromatic N) is 4. The normalized spacial score (nSPS) is 19.0. The highest BCUT2D eigenvalue weighted by atomic mass is 16.5. The van der Waals surface area contributed by atoms with E-state index in [0.717, 1.165) is 22.3 Å². The van der Waals surface area contributed by atoms with Crippen molar-refractivity contribution in [3.05, 3.63) is 59.2 Å². The maximum absolute atomic E-state index is 5.69. The molecule has 28 heavy (non-hydrogen) atoms. The molecule has 0 fully saturated rings. The molecule has 6 heteroatoms. The number of hydrogen-bond donors (Lipinski definition) is 0. The number of aromatic nitrogens is 2. The molecule has 0 unspecified atom stereocenters. The molecule has 0 aromatic carbocycles. The Morgan fingerprint density at radius 3 is 1.50 bits per heavy atom. The first kappa shape index (κ1) is 18.2. The van der Waals surface area contributed by atoms with Crippen molar-refractivity contribution in [2.45, 2.75) is 38.8 Å². The number of pyridine rings is 2. The van der Waals surface area contributed by atoms with Gasteiger partial charge in [0.15, 0.2) is 0 Å². The van der Waals surface area contributed by atoms with Crippen LogP contribution in [0.25, 0.3) is 0 Å². The van der Waals surface area contributed by atoms with E-state index < -0.39 is 0 Å². The molecule has 0 atom stereocenters. The van der Waals surface area contributed by atoms with Gasteiger partial charge in [0.05, 0.1) is 22.2 Å². The Morgan fingerprint density at radius 2 is 1.14 bits per heavy atom. The van der Waals surface area contributed by atoms with Gasteiger partial charge in [0, 0.05) is 35.9 Å². The van der Waals surface area contributed by atoms with E-state index in [1.807, 2.05) is 39.8 Å². The molecule has 0 bridgehead atoms. The third-order valence-corrected chi connectivity index (χ3v) is 4.25. The summed E-state index contributed by atoms with van der Waals surface area (Å²) in [5.41, 5.74) is 2.83. The second-order valence-corrected chi connectivity index (χ2v) is 8.21. The minimum atomic E-state index is -0.206. The first-order valence-corrected chi connectivity index (χ1v) is 9.18. The van der Waals surface area contributed by atoms with Crippen LogP contribution in [0.1, 0.15) is 49.9 Å². The van der Waals surface area contributed by atoms with Crippen molar-refractivity contribution in [1.29, 1.82) is 0 Å². The highest BCUT2D eigenvalue weighted by Gasteiger charge is 2.28. The van der Waals surface area contributed by atoms with Crippen LogP contribution in [0.4, 0.5) is 0 Å². The van der Waals surface area contributed by atoms with Gasteiger partial charge in [-0.2, -0.15) is 0 Å². The number of rotatable bonds is 2. The van der Waals surface area contributed by atoms with Gasteiger partial charge in [-0.3, -0.25) is 9.97 Å². The van der Waals surface area contributed by atoms with Crippen molar-refractivity contribution in [3.8, 4) is 11.8 Å². The maximum atomic E-state index is 5.69. The summed E-state index contributed by atoms with van der Waals surface area (Å²) in [6.45, 7) is 9.29. The predicted octanol–water partition coefficient (Wildman–Crippen LogP) is 2.99. The van der Waals surface area contributed by atoms with Crippen LogP contribution in [-0.4, -0.2) is 46.1 Å². The lowest BCUT2D eigenvalue weighted by Crippen LogP contribution is -2.17. The summed E-state index contributed by atoms with van der Waals surface area (Å²) in [5.74, 6) is 7.50. The largest absolute Gasteiger partial charge is 0.475 e. The van der Waals surface area contributed by atoms with Gasteiger partial charge in [-0.05, 0) is 39.8 Å². The molecule has 2 aliphatic heterocycles. The van der Waals surface area contributed by atoms with E-state index in [0.29, 0.717) is 25.0 Å². The monoisotopic (exact) mass is 374 g/mol. The van der Waals surface area contributed by atoms with E-state index in [2.05, 4.69) is 31.8 Å². The molecule has 0 radical (unpaired) electrons. The van der Waals surface area contributed by atoms with Crippen LogP contribution in [0.15, 0.2) is 46.9 Å². The second-order valence-electron chi connectivity index (χ2n) is 8.21. The van der Waals surface area contributed by atoms with Gasteiger partial charge in [0.25, 0.3) is 0 Å². The van der Waals surface area contributed by atoms with Gasteiger partial charge in [0.2, 0.25) is 11.8 Å². The lowest BCUT2D eigenvalue weighted by molar-refractivity contribution is 0.279. The molecular weight excluding hydrogens is 352 g/mol. The minimum absolute atomic E-state index is 0.206. The SMILES string of the molecule is CC1(C)COC(c2cncc(C#Cc3cncc(C4=NC(C)(C)CO4)c3)c2)=N1. The van der Waals surface area contributed by atoms with Crippen LogP contribution in [-0.2, 0) is 9.47 Å². The Morgan fingerprint density at radius 1 is 0.714 bits per heavy atom. The molecule has 2 aromatic rings. The summed E-state index contributed by atoms with van der Waals surface area (Å²) >= 11 is 0. The van der Waals surface area contributed by atoms with Crippen LogP contribution in [0.2, 0.25) is 0 Å². The highest BCUT2D eigenvalue weighted by molar-refractivity contribution is 5.96. The smallest absolute Gasteiger partial charge is 0.218 e. The zero-order valence-electron chi connectivity index (χ0n) is 16.5. The quantitative estimate of drug-likeness (QED) is 0.758. The lowest BCUT2D eigenvalue weighted by Gasteiger charge is -2.07. The van der Waals surface area contributed by atoms with Gasteiger partial charge >= 0.3 is 0 Å². The van der Waals surface area contributed by atoms with Crippen molar-refractivity contribution in [1.82, 2.24) is 9.97 Å². The Kier molecular flexibility index (Phi) is 4.38. The Labute approximate surface area is 164 Å². The molecule has 6 nitrogen and oxygen atoms in total. The first-order chi connectivity index (χ1) is 13.3. The minimum Gasteiger partial charge on any atom is -0.475 e. The zero-order chi connectivity index (χ0) is 19.8. The van der Waals surface area contributed by atoms with Gasteiger partial charge in [-0.1, -0.05) is 11.8 Å². The van der Waals surface area contributed by atoms with Crippen molar-refractivity contribution < 1.29 is 9.47 Å². The number of ether oxygens (including phenoxy) is 2. The van der Waals surface area contributed by atoms with E-state index in [1.165, 1.54) is 0 Å². The molecule has 0 spiro atoms. The predicted molar refractivity (Wildman–Crippen MR) is 108 cm³/mol. The molecule has 0 saturated carbocycles. The van der Waals surface area contributed by atoms with Crippen LogP contribution in [0.5, 0.6) is 0 Å². The van der Waals surface area contributed by atoms with E-state index in [1.54, 1.807) is 24.8 Å². The average Bonchev–Trinajstić information content (AvgIpc) is 3.22. The van der Waals surface area contributed by atoms with Crippen LogP contribution >= 0.6 is 0 Å². The van der Waals surface area contributed by atoms with E-state index >= 15 is 0 Å². The molecule has 0 saturated heterocycles. The van der Waals surface area contributed by atoms with Crippen molar-refractivity contribution in [2.75, 3.05) is 13.2 Å². The van der Waals surface area contributed by atoms with Gasteiger partial charge in [-0.15, -0.1) is 0 Å². The van der Waals surface area contributed by atoms with Gasteiger partial charge < -0.3 is 9.47 Å². The highest BCUT2D eigenvalue weighted by Crippen LogP contribution is 2.21. The average molecular weight is 374 g/mol.